The molecule has 88 valence electrons. The van der Waals surface area contributed by atoms with E-state index in [0.29, 0.717) is 10.6 Å². The highest BCUT2D eigenvalue weighted by molar-refractivity contribution is 5.97. The number of amides is 1. The van der Waals surface area contributed by atoms with Crippen molar-refractivity contribution in [3.63, 3.8) is 0 Å². The van der Waals surface area contributed by atoms with Crippen molar-refractivity contribution in [3.8, 4) is 0 Å². The van der Waals surface area contributed by atoms with Crippen molar-refractivity contribution < 1.29 is 18.0 Å². The molecule has 2 N–H and O–H groups in total. The van der Waals surface area contributed by atoms with Crippen LogP contribution in [0.15, 0.2) is 24.3 Å². The van der Waals surface area contributed by atoms with Gasteiger partial charge in [0, 0.05) is 17.9 Å². The van der Waals surface area contributed by atoms with Gasteiger partial charge in [0.05, 0.1) is 0 Å². The number of halogens is 3. The van der Waals surface area contributed by atoms with Gasteiger partial charge in [-0.1, -0.05) is 6.07 Å². The van der Waals surface area contributed by atoms with E-state index in [1.165, 1.54) is 31.2 Å². The number of nitrogens with two attached hydrogens (primary N) is 1. The maximum absolute atomic E-state index is 12.2. The standard InChI is InChI=1S/C10H11F3N2O/c1-2-15(9(16)10(11,12)13)8-5-3-4-7(14)6-8/h3-6H,2,14H2,1H3. The van der Waals surface area contributed by atoms with E-state index in [1.807, 2.05) is 0 Å². The average Bonchev–Trinajstić information content (AvgIpc) is 2.17. The van der Waals surface area contributed by atoms with Crippen LogP contribution in [0.25, 0.3) is 0 Å². The summed E-state index contributed by atoms with van der Waals surface area (Å²) in [5, 5.41) is 0. The number of rotatable bonds is 2. The van der Waals surface area contributed by atoms with Crippen molar-refractivity contribution in [1.82, 2.24) is 0 Å². The molecule has 0 spiro atoms. The maximum Gasteiger partial charge on any atom is 0.471 e. The second-order valence-corrected chi connectivity index (χ2v) is 3.14. The summed E-state index contributed by atoms with van der Waals surface area (Å²) in [6.07, 6.45) is -4.87. The monoisotopic (exact) mass is 232 g/mol. The minimum absolute atomic E-state index is 0.0677. The zero-order chi connectivity index (χ0) is 12.3. The van der Waals surface area contributed by atoms with Crippen molar-refractivity contribution >= 4 is 17.3 Å². The molecule has 6 heteroatoms. The summed E-state index contributed by atoms with van der Waals surface area (Å²) in [6, 6.07) is 5.77. The van der Waals surface area contributed by atoms with E-state index in [4.69, 9.17) is 5.73 Å². The zero-order valence-electron chi connectivity index (χ0n) is 8.58. The highest BCUT2D eigenvalue weighted by Crippen LogP contribution is 2.24. The van der Waals surface area contributed by atoms with Crippen LogP contribution in [0.3, 0.4) is 0 Å². The van der Waals surface area contributed by atoms with Crippen LogP contribution in [0.1, 0.15) is 6.92 Å². The average molecular weight is 232 g/mol. The van der Waals surface area contributed by atoms with Crippen molar-refractivity contribution in [1.29, 1.82) is 0 Å². The fraction of sp³-hybridized carbons (Fsp3) is 0.300. The van der Waals surface area contributed by atoms with Crippen LogP contribution in [-0.4, -0.2) is 18.6 Å². The Balaban J connectivity index is 3.04. The van der Waals surface area contributed by atoms with Crippen LogP contribution < -0.4 is 10.6 Å². The summed E-state index contributed by atoms with van der Waals surface area (Å²) in [4.78, 5) is 11.7. The van der Waals surface area contributed by atoms with E-state index in [-0.39, 0.29) is 12.2 Å². The molecule has 0 aliphatic rings. The molecule has 16 heavy (non-hydrogen) atoms. The van der Waals surface area contributed by atoms with Gasteiger partial charge in [-0.05, 0) is 25.1 Å². The van der Waals surface area contributed by atoms with Crippen molar-refractivity contribution in [2.24, 2.45) is 0 Å². The smallest absolute Gasteiger partial charge is 0.399 e. The van der Waals surface area contributed by atoms with Crippen LogP contribution in [0.2, 0.25) is 0 Å². The fourth-order valence-electron chi connectivity index (χ4n) is 1.29. The number of nitrogen functional groups attached to an aromatic ring is 1. The molecule has 0 radical (unpaired) electrons. The van der Waals surface area contributed by atoms with Crippen LogP contribution in [-0.2, 0) is 4.79 Å². The summed E-state index contributed by atoms with van der Waals surface area (Å²) in [5.41, 5.74) is 5.90. The Morgan fingerprint density at radius 3 is 2.50 bits per heavy atom. The van der Waals surface area contributed by atoms with Crippen LogP contribution in [0.4, 0.5) is 24.5 Å². The molecule has 0 atom stereocenters. The fourth-order valence-corrected chi connectivity index (χ4v) is 1.29. The van der Waals surface area contributed by atoms with Gasteiger partial charge in [0.15, 0.2) is 0 Å². The van der Waals surface area contributed by atoms with Crippen LogP contribution in [0, 0.1) is 0 Å². The predicted octanol–water partition coefficient (Wildman–Crippen LogP) is 2.18. The summed E-state index contributed by atoms with van der Waals surface area (Å²) < 4.78 is 36.7. The zero-order valence-corrected chi connectivity index (χ0v) is 8.58. The van der Waals surface area contributed by atoms with Crippen LogP contribution in [0.5, 0.6) is 0 Å². The molecule has 0 bridgehead atoms. The second-order valence-electron chi connectivity index (χ2n) is 3.14. The molecule has 0 saturated carbocycles. The van der Waals surface area contributed by atoms with Gasteiger partial charge >= 0.3 is 12.1 Å². The number of carbonyl (C=O) groups excluding carboxylic acids is 1. The van der Waals surface area contributed by atoms with Crippen LogP contribution >= 0.6 is 0 Å². The normalized spacial score (nSPS) is 11.2. The molecule has 0 saturated heterocycles. The molecule has 0 aromatic heterocycles. The summed E-state index contributed by atoms with van der Waals surface area (Å²) in [6.45, 7) is 1.40. The van der Waals surface area contributed by atoms with Gasteiger partial charge in [-0.3, -0.25) is 4.79 Å². The molecule has 3 nitrogen and oxygen atoms in total. The molecule has 0 aliphatic carbocycles. The number of alkyl halides is 3. The third kappa shape index (κ3) is 2.65. The summed E-state index contributed by atoms with van der Waals surface area (Å²) in [7, 11) is 0. The minimum atomic E-state index is -4.87. The molecule has 1 rings (SSSR count). The number of anilines is 2. The molecule has 1 aromatic rings. The van der Waals surface area contributed by atoms with Gasteiger partial charge in [-0.15, -0.1) is 0 Å². The first-order valence-electron chi connectivity index (χ1n) is 4.60. The van der Waals surface area contributed by atoms with Gasteiger partial charge in [-0.25, -0.2) is 0 Å². The molecule has 0 fully saturated rings. The Bertz CT molecular complexity index is 390. The number of benzene rings is 1. The summed E-state index contributed by atoms with van der Waals surface area (Å²) in [5.74, 6) is -1.89. The SMILES string of the molecule is CCN(C(=O)C(F)(F)F)c1cccc(N)c1. The van der Waals surface area contributed by atoms with Gasteiger partial charge < -0.3 is 10.6 Å². The molecule has 0 unspecified atom stereocenters. The van der Waals surface area contributed by atoms with E-state index in [1.54, 1.807) is 0 Å². The Labute approximate surface area is 90.6 Å². The van der Waals surface area contributed by atoms with E-state index < -0.39 is 12.1 Å². The third-order valence-corrected chi connectivity index (χ3v) is 1.99. The first-order chi connectivity index (χ1) is 7.36. The van der Waals surface area contributed by atoms with Gasteiger partial charge in [0.2, 0.25) is 0 Å². The van der Waals surface area contributed by atoms with E-state index in [0.717, 1.165) is 0 Å². The lowest BCUT2D eigenvalue weighted by Crippen LogP contribution is -2.41. The first kappa shape index (κ1) is 12.4. The highest BCUT2D eigenvalue weighted by atomic mass is 19.4. The van der Waals surface area contributed by atoms with E-state index in [9.17, 15) is 18.0 Å². The molecule has 1 amide bonds. The molecule has 1 aromatic carbocycles. The lowest BCUT2D eigenvalue weighted by Gasteiger charge is -2.22. The Morgan fingerprint density at radius 1 is 1.44 bits per heavy atom. The lowest BCUT2D eigenvalue weighted by atomic mass is 10.2. The predicted molar refractivity (Wildman–Crippen MR) is 54.9 cm³/mol. The highest BCUT2D eigenvalue weighted by Gasteiger charge is 2.42. The van der Waals surface area contributed by atoms with Gasteiger partial charge in [0.25, 0.3) is 0 Å². The Hall–Kier alpha value is -1.72. The summed E-state index contributed by atoms with van der Waals surface area (Å²) >= 11 is 0. The maximum atomic E-state index is 12.2. The molecule has 0 heterocycles. The van der Waals surface area contributed by atoms with Crippen molar-refractivity contribution in [2.75, 3.05) is 17.2 Å². The molecule has 0 aliphatic heterocycles. The molecular weight excluding hydrogens is 221 g/mol. The van der Waals surface area contributed by atoms with E-state index in [2.05, 4.69) is 0 Å². The lowest BCUT2D eigenvalue weighted by molar-refractivity contribution is -0.170. The Kier molecular flexibility index (Phi) is 3.41. The van der Waals surface area contributed by atoms with Gasteiger partial charge in [-0.2, -0.15) is 13.2 Å². The van der Waals surface area contributed by atoms with Crippen molar-refractivity contribution in [2.45, 2.75) is 13.1 Å². The topological polar surface area (TPSA) is 46.3 Å². The largest absolute Gasteiger partial charge is 0.471 e. The molecular formula is C10H11F3N2O. The second kappa shape index (κ2) is 4.42. The number of hydrogen-bond donors (Lipinski definition) is 1. The quantitative estimate of drug-likeness (QED) is 0.794. The third-order valence-electron chi connectivity index (χ3n) is 1.99. The minimum Gasteiger partial charge on any atom is -0.399 e. The van der Waals surface area contributed by atoms with Gasteiger partial charge in [0.1, 0.15) is 0 Å². The first-order valence-corrected chi connectivity index (χ1v) is 4.60. The van der Waals surface area contributed by atoms with E-state index >= 15 is 0 Å². The Morgan fingerprint density at radius 2 is 2.06 bits per heavy atom. The number of nitrogens with zero attached hydrogens (tertiary/aromatic N) is 1. The number of hydrogen-bond acceptors (Lipinski definition) is 2. The van der Waals surface area contributed by atoms with Crippen molar-refractivity contribution in [3.05, 3.63) is 24.3 Å². The number of carbonyl (C=O) groups is 1.